The summed E-state index contributed by atoms with van der Waals surface area (Å²) >= 11 is 0. The second-order valence-electron chi connectivity index (χ2n) is 4.46. The molecule has 0 aliphatic rings. The highest BCUT2D eigenvalue weighted by atomic mass is 16.3. The summed E-state index contributed by atoms with van der Waals surface area (Å²) in [5.74, 6) is -0.544. The summed E-state index contributed by atoms with van der Waals surface area (Å²) in [7, 11) is 0. The zero-order valence-corrected chi connectivity index (χ0v) is 10.9. The molecule has 1 amide bonds. The lowest BCUT2D eigenvalue weighted by Crippen LogP contribution is -2.19. The number of aliphatic hydroxyl groups is 1. The first-order valence-corrected chi connectivity index (χ1v) is 6.23. The molecule has 0 saturated heterocycles. The first-order valence-electron chi connectivity index (χ1n) is 6.23. The normalized spacial score (nSPS) is 11.8. The lowest BCUT2D eigenvalue weighted by Gasteiger charge is -2.20. The van der Waals surface area contributed by atoms with E-state index in [4.69, 9.17) is 11.5 Å². The maximum atomic E-state index is 11.4. The fraction of sp³-hybridized carbons (Fsp3) is 0.133. The molecule has 2 aromatic carbocycles. The van der Waals surface area contributed by atoms with E-state index in [0.29, 0.717) is 16.9 Å². The maximum absolute atomic E-state index is 11.4. The van der Waals surface area contributed by atoms with Crippen LogP contribution in [0.4, 0.5) is 11.4 Å². The van der Waals surface area contributed by atoms with Crippen LogP contribution in [0.15, 0.2) is 48.5 Å². The molecule has 0 aliphatic carbocycles. The number of carbonyl (C=O) groups excluding carboxylic acids is 1. The van der Waals surface area contributed by atoms with Crippen LogP contribution in [0.25, 0.3) is 0 Å². The first-order chi connectivity index (χ1) is 9.61. The van der Waals surface area contributed by atoms with E-state index in [0.717, 1.165) is 5.56 Å². The Hall–Kier alpha value is -2.53. The van der Waals surface area contributed by atoms with Crippen LogP contribution in [0.2, 0.25) is 0 Å². The number of rotatable bonds is 5. The smallest absolute Gasteiger partial charge is 0.250 e. The highest BCUT2D eigenvalue weighted by Crippen LogP contribution is 2.24. The van der Waals surface area contributed by atoms with Crippen LogP contribution in [0.1, 0.15) is 22.0 Å². The quantitative estimate of drug-likeness (QED) is 0.619. The van der Waals surface area contributed by atoms with Crippen molar-refractivity contribution in [3.63, 3.8) is 0 Å². The fourth-order valence-electron chi connectivity index (χ4n) is 2.00. The van der Waals surface area contributed by atoms with Gasteiger partial charge in [0.1, 0.15) is 0 Å². The Morgan fingerprint density at radius 1 is 1.20 bits per heavy atom. The number of aliphatic hydroxyl groups excluding tert-OH is 1. The lowest BCUT2D eigenvalue weighted by molar-refractivity contribution is 0.100. The van der Waals surface area contributed by atoms with Gasteiger partial charge in [0.2, 0.25) is 0 Å². The van der Waals surface area contributed by atoms with Gasteiger partial charge in [0.15, 0.2) is 0 Å². The molecule has 5 heteroatoms. The van der Waals surface area contributed by atoms with E-state index < -0.39 is 5.91 Å². The Balaban J connectivity index is 2.32. The molecular formula is C15H17N3O2. The Labute approximate surface area is 117 Å². The van der Waals surface area contributed by atoms with Gasteiger partial charge in [0.25, 0.3) is 5.91 Å². The molecule has 1 unspecified atom stereocenters. The van der Waals surface area contributed by atoms with Crippen molar-refractivity contribution >= 4 is 17.3 Å². The second-order valence-corrected chi connectivity index (χ2v) is 4.46. The third-order valence-corrected chi connectivity index (χ3v) is 3.02. The predicted molar refractivity (Wildman–Crippen MR) is 79.3 cm³/mol. The Morgan fingerprint density at radius 2 is 1.90 bits per heavy atom. The molecular weight excluding hydrogens is 254 g/mol. The molecule has 1 atom stereocenters. The molecule has 2 aromatic rings. The molecule has 0 aromatic heterocycles. The van der Waals surface area contributed by atoms with Crippen molar-refractivity contribution < 1.29 is 9.90 Å². The predicted octanol–water partition coefficient (Wildman–Crippen LogP) is 1.51. The monoisotopic (exact) mass is 271 g/mol. The highest BCUT2D eigenvalue weighted by molar-refractivity contribution is 5.99. The van der Waals surface area contributed by atoms with E-state index in [9.17, 15) is 9.90 Å². The number of hydrogen-bond acceptors (Lipinski definition) is 4. The molecule has 0 bridgehead atoms. The number of benzene rings is 2. The maximum Gasteiger partial charge on any atom is 0.250 e. The van der Waals surface area contributed by atoms with Crippen molar-refractivity contribution in [1.29, 1.82) is 0 Å². The van der Waals surface area contributed by atoms with E-state index in [-0.39, 0.29) is 12.6 Å². The largest absolute Gasteiger partial charge is 0.399 e. The fourth-order valence-corrected chi connectivity index (χ4v) is 2.00. The van der Waals surface area contributed by atoms with Crippen molar-refractivity contribution in [3.05, 3.63) is 59.7 Å². The number of anilines is 2. The molecule has 0 spiro atoms. The van der Waals surface area contributed by atoms with Crippen LogP contribution >= 0.6 is 0 Å². The van der Waals surface area contributed by atoms with Crippen molar-refractivity contribution in [2.24, 2.45) is 5.73 Å². The van der Waals surface area contributed by atoms with Crippen molar-refractivity contribution in [1.82, 2.24) is 0 Å². The zero-order valence-electron chi connectivity index (χ0n) is 10.9. The minimum absolute atomic E-state index is 0.114. The lowest BCUT2D eigenvalue weighted by atomic mass is 10.1. The van der Waals surface area contributed by atoms with Gasteiger partial charge >= 0.3 is 0 Å². The van der Waals surface area contributed by atoms with Crippen LogP contribution in [0.3, 0.4) is 0 Å². The van der Waals surface area contributed by atoms with E-state index in [2.05, 4.69) is 5.32 Å². The van der Waals surface area contributed by atoms with Gasteiger partial charge in [-0.1, -0.05) is 30.3 Å². The molecule has 0 aliphatic heterocycles. The van der Waals surface area contributed by atoms with Crippen LogP contribution in [0, 0.1) is 0 Å². The SMILES string of the molecule is NC(=O)c1ccc(N)cc1NC(CO)c1ccccc1. The second kappa shape index (κ2) is 6.08. The number of nitrogens with two attached hydrogens (primary N) is 2. The van der Waals surface area contributed by atoms with Gasteiger partial charge in [-0.15, -0.1) is 0 Å². The topological polar surface area (TPSA) is 101 Å². The summed E-state index contributed by atoms with van der Waals surface area (Å²) in [6.45, 7) is -0.114. The number of hydrogen-bond donors (Lipinski definition) is 4. The molecule has 104 valence electrons. The van der Waals surface area contributed by atoms with Gasteiger partial charge in [-0.2, -0.15) is 0 Å². The minimum atomic E-state index is -0.544. The molecule has 0 radical (unpaired) electrons. The molecule has 2 rings (SSSR count). The molecule has 0 heterocycles. The Bertz CT molecular complexity index is 599. The minimum Gasteiger partial charge on any atom is -0.399 e. The van der Waals surface area contributed by atoms with Crippen LogP contribution < -0.4 is 16.8 Å². The van der Waals surface area contributed by atoms with Gasteiger partial charge in [-0.3, -0.25) is 4.79 Å². The van der Waals surface area contributed by atoms with E-state index in [1.54, 1.807) is 18.2 Å². The number of carbonyl (C=O) groups is 1. The van der Waals surface area contributed by atoms with Gasteiger partial charge in [-0.25, -0.2) is 0 Å². The summed E-state index contributed by atoms with van der Waals surface area (Å²) in [6, 6.07) is 13.9. The number of nitrogen functional groups attached to an aromatic ring is 1. The summed E-state index contributed by atoms with van der Waals surface area (Å²) in [5.41, 5.74) is 13.3. The standard InChI is InChI=1S/C15H17N3O2/c16-11-6-7-12(15(17)20)13(8-11)18-14(9-19)10-4-2-1-3-5-10/h1-8,14,18-19H,9,16H2,(H2,17,20). The highest BCUT2D eigenvalue weighted by Gasteiger charge is 2.14. The van der Waals surface area contributed by atoms with Crippen LogP contribution in [-0.2, 0) is 0 Å². The third kappa shape index (κ3) is 3.07. The van der Waals surface area contributed by atoms with Crippen molar-refractivity contribution in [3.8, 4) is 0 Å². The van der Waals surface area contributed by atoms with E-state index in [1.165, 1.54) is 0 Å². The van der Waals surface area contributed by atoms with Gasteiger partial charge < -0.3 is 21.9 Å². The van der Waals surface area contributed by atoms with Crippen molar-refractivity contribution in [2.75, 3.05) is 17.7 Å². The van der Waals surface area contributed by atoms with Crippen LogP contribution in [-0.4, -0.2) is 17.6 Å². The summed E-state index contributed by atoms with van der Waals surface area (Å²) < 4.78 is 0. The van der Waals surface area contributed by atoms with Gasteiger partial charge in [0, 0.05) is 11.4 Å². The molecule has 0 saturated carbocycles. The summed E-state index contributed by atoms with van der Waals surface area (Å²) in [4.78, 5) is 11.4. The molecule has 6 N–H and O–H groups in total. The van der Waals surface area contributed by atoms with Gasteiger partial charge in [0.05, 0.1) is 18.2 Å². The number of primary amides is 1. The summed E-state index contributed by atoms with van der Waals surface area (Å²) in [5, 5.41) is 12.6. The average Bonchev–Trinajstić information content (AvgIpc) is 2.45. The van der Waals surface area contributed by atoms with E-state index in [1.807, 2.05) is 30.3 Å². The molecule has 5 nitrogen and oxygen atoms in total. The zero-order chi connectivity index (χ0) is 14.5. The van der Waals surface area contributed by atoms with Crippen LogP contribution in [0.5, 0.6) is 0 Å². The molecule has 20 heavy (non-hydrogen) atoms. The number of amides is 1. The average molecular weight is 271 g/mol. The summed E-state index contributed by atoms with van der Waals surface area (Å²) in [6.07, 6.45) is 0. The van der Waals surface area contributed by atoms with Crippen molar-refractivity contribution in [2.45, 2.75) is 6.04 Å². The Morgan fingerprint density at radius 3 is 2.50 bits per heavy atom. The van der Waals surface area contributed by atoms with E-state index >= 15 is 0 Å². The molecule has 0 fully saturated rings. The number of nitrogens with one attached hydrogen (secondary N) is 1. The third-order valence-electron chi connectivity index (χ3n) is 3.02. The first kappa shape index (κ1) is 13.9. The Kier molecular flexibility index (Phi) is 4.22. The van der Waals surface area contributed by atoms with Gasteiger partial charge in [-0.05, 0) is 23.8 Å².